The number of rotatable bonds is 6. The van der Waals surface area contributed by atoms with Gasteiger partial charge in [0.1, 0.15) is 17.2 Å². The predicted octanol–water partition coefficient (Wildman–Crippen LogP) is 3.68. The first-order valence-corrected chi connectivity index (χ1v) is 11.6. The van der Waals surface area contributed by atoms with E-state index in [2.05, 4.69) is 5.32 Å². The van der Waals surface area contributed by atoms with Crippen LogP contribution in [0.25, 0.3) is 0 Å². The quantitative estimate of drug-likeness (QED) is 0.671. The number of nitrogens with one attached hydrogen (secondary N) is 1. The Morgan fingerprint density at radius 1 is 1.09 bits per heavy atom. The smallest absolute Gasteiger partial charge is 0.410 e. The molecule has 2 aliphatic rings. The maximum absolute atomic E-state index is 14.5. The summed E-state index contributed by atoms with van der Waals surface area (Å²) in [7, 11) is 0. The number of benzene rings is 1. The molecule has 2 fully saturated rings. The topological polar surface area (TPSA) is 71.1 Å². The summed E-state index contributed by atoms with van der Waals surface area (Å²) >= 11 is 0. The van der Waals surface area contributed by atoms with Crippen molar-refractivity contribution in [2.45, 2.75) is 52.1 Å². The largest absolute Gasteiger partial charge is 0.493 e. The second-order valence-corrected chi connectivity index (χ2v) is 9.59. The molecule has 2 aliphatic heterocycles. The van der Waals surface area contributed by atoms with Crippen LogP contribution < -0.4 is 10.1 Å². The van der Waals surface area contributed by atoms with Gasteiger partial charge in [-0.15, -0.1) is 0 Å². The number of piperazine rings is 1. The molecule has 1 aromatic rings. The number of piperidine rings is 1. The molecule has 0 atom stereocenters. The maximum Gasteiger partial charge on any atom is 0.410 e. The molecule has 0 spiro atoms. The summed E-state index contributed by atoms with van der Waals surface area (Å²) in [5.41, 5.74) is -0.377. The Kier molecular flexibility index (Phi) is 8.34. The Morgan fingerprint density at radius 2 is 1.78 bits per heavy atom. The van der Waals surface area contributed by atoms with Gasteiger partial charge in [0, 0.05) is 45.3 Å². The standard InChI is InChI=1S/C24H36FN3O4/c1-24(2,3)32-23(30)28-12-8-18(9-13-28)5-4-16-31-19-6-7-20(21(25)17-19)22(29)27-14-10-26-11-15-27/h6-7,17-18,26H,4-5,8-16H2,1-3H3. The van der Waals surface area contributed by atoms with E-state index in [1.54, 1.807) is 15.9 Å². The minimum atomic E-state index is -0.541. The van der Waals surface area contributed by atoms with Crippen LogP contribution in [0.4, 0.5) is 9.18 Å². The molecule has 0 aliphatic carbocycles. The van der Waals surface area contributed by atoms with Crippen LogP contribution >= 0.6 is 0 Å². The van der Waals surface area contributed by atoms with Gasteiger partial charge in [0.05, 0.1) is 12.2 Å². The Bertz CT molecular complexity index is 782. The second-order valence-electron chi connectivity index (χ2n) is 9.59. The van der Waals surface area contributed by atoms with Crippen molar-refractivity contribution >= 4 is 12.0 Å². The lowest BCUT2D eigenvalue weighted by Gasteiger charge is -2.33. The maximum atomic E-state index is 14.5. The van der Waals surface area contributed by atoms with E-state index in [4.69, 9.17) is 9.47 Å². The Hall–Kier alpha value is -2.35. The number of likely N-dealkylation sites (tertiary alicyclic amines) is 1. The first-order chi connectivity index (χ1) is 15.2. The highest BCUT2D eigenvalue weighted by molar-refractivity contribution is 5.94. The SMILES string of the molecule is CC(C)(C)OC(=O)N1CCC(CCCOc2ccc(C(=O)N3CCNCC3)c(F)c2)CC1. The van der Waals surface area contributed by atoms with Crippen molar-refractivity contribution in [2.24, 2.45) is 5.92 Å². The molecule has 0 saturated carbocycles. The fourth-order valence-corrected chi connectivity index (χ4v) is 4.09. The van der Waals surface area contributed by atoms with E-state index in [0.29, 0.717) is 44.5 Å². The fourth-order valence-electron chi connectivity index (χ4n) is 4.09. The molecule has 8 heteroatoms. The molecule has 3 rings (SSSR count). The molecule has 2 amide bonds. The first kappa shape index (κ1) is 24.3. The van der Waals surface area contributed by atoms with Crippen molar-refractivity contribution in [3.05, 3.63) is 29.6 Å². The number of amides is 2. The highest BCUT2D eigenvalue weighted by Gasteiger charge is 2.26. The van der Waals surface area contributed by atoms with Crippen LogP contribution in [0.3, 0.4) is 0 Å². The van der Waals surface area contributed by atoms with Gasteiger partial charge in [-0.05, 0) is 64.5 Å². The summed E-state index contributed by atoms with van der Waals surface area (Å²) in [6.07, 6.45) is 3.54. The minimum Gasteiger partial charge on any atom is -0.493 e. The summed E-state index contributed by atoms with van der Waals surface area (Å²) in [6.45, 7) is 10.2. The van der Waals surface area contributed by atoms with Crippen LogP contribution in [-0.2, 0) is 4.74 Å². The van der Waals surface area contributed by atoms with Crippen LogP contribution in [0.1, 0.15) is 56.8 Å². The zero-order valence-corrected chi connectivity index (χ0v) is 19.5. The molecular formula is C24H36FN3O4. The van der Waals surface area contributed by atoms with E-state index in [1.807, 2.05) is 20.8 Å². The summed E-state index contributed by atoms with van der Waals surface area (Å²) in [6, 6.07) is 4.48. The van der Waals surface area contributed by atoms with Crippen molar-refractivity contribution in [1.82, 2.24) is 15.1 Å². The third-order valence-electron chi connectivity index (χ3n) is 5.87. The average Bonchev–Trinajstić information content (AvgIpc) is 2.76. The van der Waals surface area contributed by atoms with Gasteiger partial charge in [0.2, 0.25) is 0 Å². The van der Waals surface area contributed by atoms with E-state index in [-0.39, 0.29) is 17.6 Å². The zero-order valence-electron chi connectivity index (χ0n) is 19.5. The third kappa shape index (κ3) is 7.08. The van der Waals surface area contributed by atoms with Crippen molar-refractivity contribution in [1.29, 1.82) is 0 Å². The van der Waals surface area contributed by atoms with Gasteiger partial charge in [-0.3, -0.25) is 4.79 Å². The Balaban J connectivity index is 1.37. The summed E-state index contributed by atoms with van der Waals surface area (Å²) in [4.78, 5) is 28.1. The highest BCUT2D eigenvalue weighted by atomic mass is 19.1. The van der Waals surface area contributed by atoms with Crippen LogP contribution in [0.2, 0.25) is 0 Å². The normalized spacial score (nSPS) is 17.9. The van der Waals surface area contributed by atoms with Gasteiger partial charge < -0.3 is 24.6 Å². The van der Waals surface area contributed by atoms with Gasteiger partial charge in [-0.1, -0.05) is 0 Å². The van der Waals surface area contributed by atoms with Gasteiger partial charge in [0.15, 0.2) is 0 Å². The molecule has 2 heterocycles. The number of carbonyl (C=O) groups excluding carboxylic acids is 2. The molecule has 0 bridgehead atoms. The molecule has 32 heavy (non-hydrogen) atoms. The summed E-state index contributed by atoms with van der Waals surface area (Å²) in [5.74, 6) is 0.181. The van der Waals surface area contributed by atoms with Crippen molar-refractivity contribution < 1.29 is 23.5 Å². The number of carbonyl (C=O) groups is 2. The van der Waals surface area contributed by atoms with E-state index < -0.39 is 11.4 Å². The number of ether oxygens (including phenoxy) is 2. The van der Waals surface area contributed by atoms with Gasteiger partial charge in [-0.25, -0.2) is 9.18 Å². The van der Waals surface area contributed by atoms with Crippen LogP contribution in [0.15, 0.2) is 18.2 Å². The van der Waals surface area contributed by atoms with Gasteiger partial charge in [-0.2, -0.15) is 0 Å². The molecule has 0 unspecified atom stereocenters. The van der Waals surface area contributed by atoms with E-state index >= 15 is 0 Å². The van der Waals surface area contributed by atoms with Gasteiger partial charge in [0.25, 0.3) is 5.91 Å². The molecule has 178 valence electrons. The lowest BCUT2D eigenvalue weighted by atomic mass is 9.92. The Labute approximate surface area is 190 Å². The summed E-state index contributed by atoms with van der Waals surface area (Å²) < 4.78 is 25.6. The van der Waals surface area contributed by atoms with Gasteiger partial charge >= 0.3 is 6.09 Å². The van der Waals surface area contributed by atoms with E-state index in [1.165, 1.54) is 12.1 Å². The fraction of sp³-hybridized carbons (Fsp3) is 0.667. The molecule has 1 N–H and O–H groups in total. The first-order valence-electron chi connectivity index (χ1n) is 11.6. The molecule has 1 aromatic carbocycles. The number of hydrogen-bond acceptors (Lipinski definition) is 5. The zero-order chi connectivity index (χ0) is 23.1. The van der Waals surface area contributed by atoms with E-state index in [0.717, 1.165) is 38.8 Å². The van der Waals surface area contributed by atoms with Crippen LogP contribution in [-0.4, -0.2) is 73.3 Å². The monoisotopic (exact) mass is 449 g/mol. The van der Waals surface area contributed by atoms with Crippen molar-refractivity contribution in [2.75, 3.05) is 45.9 Å². The number of halogens is 1. The lowest BCUT2D eigenvalue weighted by Crippen LogP contribution is -2.46. The predicted molar refractivity (Wildman–Crippen MR) is 120 cm³/mol. The van der Waals surface area contributed by atoms with E-state index in [9.17, 15) is 14.0 Å². The second kappa shape index (κ2) is 11.0. The molecule has 2 saturated heterocycles. The average molecular weight is 450 g/mol. The number of hydrogen-bond donors (Lipinski definition) is 1. The van der Waals surface area contributed by atoms with Crippen molar-refractivity contribution in [3.8, 4) is 5.75 Å². The minimum absolute atomic E-state index is 0.0935. The number of nitrogens with zero attached hydrogens (tertiary/aromatic N) is 2. The molecular weight excluding hydrogens is 413 g/mol. The third-order valence-corrected chi connectivity index (χ3v) is 5.87. The lowest BCUT2D eigenvalue weighted by molar-refractivity contribution is 0.0179. The molecule has 0 radical (unpaired) electrons. The van der Waals surface area contributed by atoms with Crippen LogP contribution in [0, 0.1) is 11.7 Å². The summed E-state index contributed by atoms with van der Waals surface area (Å²) in [5, 5.41) is 3.18. The highest BCUT2D eigenvalue weighted by Crippen LogP contribution is 2.24. The molecule has 0 aromatic heterocycles. The van der Waals surface area contributed by atoms with Crippen molar-refractivity contribution in [3.63, 3.8) is 0 Å². The Morgan fingerprint density at radius 3 is 2.41 bits per heavy atom. The molecule has 7 nitrogen and oxygen atoms in total. The van der Waals surface area contributed by atoms with Crippen LogP contribution in [0.5, 0.6) is 5.75 Å².